The van der Waals surface area contributed by atoms with E-state index >= 15 is 0 Å². The minimum atomic E-state index is -4.59. The van der Waals surface area contributed by atoms with Crippen molar-refractivity contribution >= 4 is 11.7 Å². The molecule has 0 aromatic heterocycles. The van der Waals surface area contributed by atoms with Gasteiger partial charge in [-0.3, -0.25) is 9.59 Å². The Hall–Kier alpha value is -1.85. The Morgan fingerprint density at radius 2 is 1.77 bits per heavy atom. The van der Waals surface area contributed by atoms with Crippen molar-refractivity contribution in [1.82, 2.24) is 4.90 Å². The highest BCUT2D eigenvalue weighted by Gasteiger charge is 2.48. The quantitative estimate of drug-likeness (QED) is 0.802. The van der Waals surface area contributed by atoms with Crippen LogP contribution in [0.5, 0.6) is 0 Å². The molecule has 1 unspecified atom stereocenters. The van der Waals surface area contributed by atoms with Gasteiger partial charge in [0.2, 0.25) is 5.91 Å². The summed E-state index contributed by atoms with van der Waals surface area (Å²) in [6.45, 7) is 5.33. The average Bonchev–Trinajstić information content (AvgIpc) is 2.74. The minimum Gasteiger partial charge on any atom is -0.329 e. The number of carbonyl (C=O) groups is 2. The molecule has 1 heterocycles. The van der Waals surface area contributed by atoms with Crippen LogP contribution in [0.1, 0.15) is 44.2 Å². The molecule has 0 spiro atoms. The number of ketones is 1. The van der Waals surface area contributed by atoms with E-state index in [0.717, 1.165) is 6.07 Å². The molecule has 2 rings (SSSR count). The lowest BCUT2D eigenvalue weighted by Gasteiger charge is -2.34. The fraction of sp³-hybridized carbons (Fsp3) is 0.500. The van der Waals surface area contributed by atoms with Crippen molar-refractivity contribution in [3.63, 3.8) is 0 Å². The van der Waals surface area contributed by atoms with Gasteiger partial charge in [-0.2, -0.15) is 13.2 Å². The number of hydrogen-bond donors (Lipinski definition) is 0. The Morgan fingerprint density at radius 1 is 1.18 bits per heavy atom. The minimum absolute atomic E-state index is 0.142. The van der Waals surface area contributed by atoms with Gasteiger partial charge in [0.05, 0.1) is 12.1 Å². The molecular weight excluding hydrogens is 295 g/mol. The summed E-state index contributed by atoms with van der Waals surface area (Å²) in [5, 5.41) is 0. The molecule has 0 saturated carbocycles. The van der Waals surface area contributed by atoms with Crippen LogP contribution in [0.3, 0.4) is 0 Å². The highest BCUT2D eigenvalue weighted by atomic mass is 19.4. The van der Waals surface area contributed by atoms with Gasteiger partial charge in [-0.1, -0.05) is 25.1 Å². The van der Waals surface area contributed by atoms with Gasteiger partial charge in [-0.15, -0.1) is 0 Å². The zero-order valence-electron chi connectivity index (χ0n) is 12.7. The summed E-state index contributed by atoms with van der Waals surface area (Å²) in [5.41, 5.74) is -1.73. The lowest BCUT2D eigenvalue weighted by atomic mass is 9.91. The van der Waals surface area contributed by atoms with E-state index in [-0.39, 0.29) is 12.1 Å². The maximum absolute atomic E-state index is 13.1. The molecule has 0 aliphatic carbocycles. The topological polar surface area (TPSA) is 37.4 Å². The first-order valence-corrected chi connectivity index (χ1v) is 7.10. The van der Waals surface area contributed by atoms with Crippen molar-refractivity contribution in [1.29, 1.82) is 0 Å². The summed E-state index contributed by atoms with van der Waals surface area (Å²) < 4.78 is 39.4. The number of halogens is 3. The molecule has 1 aliphatic heterocycles. The Morgan fingerprint density at radius 3 is 2.32 bits per heavy atom. The molecule has 3 nitrogen and oxygen atoms in total. The summed E-state index contributed by atoms with van der Waals surface area (Å²) >= 11 is 0. The SMILES string of the molecule is CCC(C)(C)N1CC(=O)C(c2ccccc2C(F)(F)F)C1=O. The lowest BCUT2D eigenvalue weighted by molar-refractivity contribution is -0.139. The first kappa shape index (κ1) is 16.5. The summed E-state index contributed by atoms with van der Waals surface area (Å²) in [6.07, 6.45) is -3.98. The number of benzene rings is 1. The van der Waals surface area contributed by atoms with E-state index in [1.165, 1.54) is 23.1 Å². The molecule has 0 N–H and O–H groups in total. The summed E-state index contributed by atoms with van der Waals surface area (Å²) in [7, 11) is 0. The van der Waals surface area contributed by atoms with Gasteiger partial charge in [0.25, 0.3) is 0 Å². The second-order valence-electron chi connectivity index (χ2n) is 6.07. The van der Waals surface area contributed by atoms with E-state index in [2.05, 4.69) is 0 Å². The van der Waals surface area contributed by atoms with Crippen LogP contribution in [0, 0.1) is 0 Å². The number of rotatable bonds is 3. The number of carbonyl (C=O) groups excluding carboxylic acids is 2. The number of Topliss-reactive ketones (excluding diaryl/α,β-unsaturated/α-hetero) is 1. The molecule has 1 atom stereocenters. The predicted molar refractivity (Wildman–Crippen MR) is 75.3 cm³/mol. The molecule has 1 aromatic carbocycles. The van der Waals surface area contributed by atoms with Crippen molar-refractivity contribution < 1.29 is 22.8 Å². The molecule has 1 amide bonds. The molecule has 0 radical (unpaired) electrons. The van der Waals surface area contributed by atoms with Crippen molar-refractivity contribution in [3.05, 3.63) is 35.4 Å². The molecule has 1 aromatic rings. The van der Waals surface area contributed by atoms with Crippen LogP contribution in [0.25, 0.3) is 0 Å². The monoisotopic (exact) mass is 313 g/mol. The molecule has 22 heavy (non-hydrogen) atoms. The van der Waals surface area contributed by atoms with Crippen LogP contribution in [-0.4, -0.2) is 28.7 Å². The molecule has 0 bridgehead atoms. The van der Waals surface area contributed by atoms with Crippen LogP contribution in [0.2, 0.25) is 0 Å². The zero-order chi connectivity index (χ0) is 16.7. The highest BCUT2D eigenvalue weighted by Crippen LogP contribution is 2.39. The molecule has 1 fully saturated rings. The van der Waals surface area contributed by atoms with Crippen LogP contribution >= 0.6 is 0 Å². The second kappa shape index (κ2) is 5.41. The van der Waals surface area contributed by atoms with Crippen LogP contribution in [0.15, 0.2) is 24.3 Å². The molecule has 1 saturated heterocycles. The first-order valence-electron chi connectivity index (χ1n) is 7.10. The van der Waals surface area contributed by atoms with Gasteiger partial charge in [0, 0.05) is 5.54 Å². The third-order valence-electron chi connectivity index (χ3n) is 4.32. The number of alkyl halides is 3. The fourth-order valence-electron chi connectivity index (χ4n) is 2.64. The number of nitrogens with zero attached hydrogens (tertiary/aromatic N) is 1. The van der Waals surface area contributed by atoms with Gasteiger partial charge >= 0.3 is 6.18 Å². The third-order valence-corrected chi connectivity index (χ3v) is 4.32. The summed E-state index contributed by atoms with van der Waals surface area (Å²) in [6, 6.07) is 4.79. The van der Waals surface area contributed by atoms with E-state index in [4.69, 9.17) is 0 Å². The standard InChI is InChI=1S/C16H18F3NO2/c1-4-15(2,3)20-9-12(21)13(14(20)22)10-7-5-6-8-11(10)16(17,18)19/h5-8,13H,4,9H2,1-3H3. The number of likely N-dealkylation sites (tertiary alicyclic amines) is 1. The fourth-order valence-corrected chi connectivity index (χ4v) is 2.64. The van der Waals surface area contributed by atoms with Crippen LogP contribution in [0.4, 0.5) is 13.2 Å². The number of hydrogen-bond acceptors (Lipinski definition) is 2. The lowest BCUT2D eigenvalue weighted by Crippen LogP contribution is -2.45. The van der Waals surface area contributed by atoms with Gasteiger partial charge in [-0.05, 0) is 31.9 Å². The highest BCUT2D eigenvalue weighted by molar-refractivity contribution is 6.13. The molecular formula is C16H18F3NO2. The van der Waals surface area contributed by atoms with Crippen molar-refractivity contribution in [2.24, 2.45) is 0 Å². The van der Waals surface area contributed by atoms with Gasteiger partial charge < -0.3 is 4.90 Å². The third kappa shape index (κ3) is 2.74. The Bertz CT molecular complexity index is 608. The Labute approximate surface area is 127 Å². The Kier molecular flexibility index (Phi) is 4.06. The maximum Gasteiger partial charge on any atom is 0.416 e. The normalized spacial score (nSPS) is 19.9. The maximum atomic E-state index is 13.1. The van der Waals surface area contributed by atoms with Gasteiger partial charge in [0.1, 0.15) is 5.92 Å². The van der Waals surface area contributed by atoms with Crippen molar-refractivity contribution in [3.8, 4) is 0 Å². The first-order chi connectivity index (χ1) is 10.1. The van der Waals surface area contributed by atoms with Gasteiger partial charge in [0.15, 0.2) is 5.78 Å². The van der Waals surface area contributed by atoms with E-state index in [1.54, 1.807) is 13.8 Å². The predicted octanol–water partition coefficient (Wildman–Crippen LogP) is 3.39. The van der Waals surface area contributed by atoms with Crippen LogP contribution in [-0.2, 0) is 15.8 Å². The zero-order valence-corrected chi connectivity index (χ0v) is 12.7. The molecule has 1 aliphatic rings. The van der Waals surface area contributed by atoms with Crippen molar-refractivity contribution in [2.45, 2.75) is 44.8 Å². The molecule has 120 valence electrons. The van der Waals surface area contributed by atoms with Crippen LogP contribution < -0.4 is 0 Å². The van der Waals surface area contributed by atoms with E-state index in [1.807, 2.05) is 6.92 Å². The largest absolute Gasteiger partial charge is 0.416 e. The number of amides is 1. The smallest absolute Gasteiger partial charge is 0.329 e. The molecule has 6 heteroatoms. The van der Waals surface area contributed by atoms with Gasteiger partial charge in [-0.25, -0.2) is 0 Å². The summed E-state index contributed by atoms with van der Waals surface area (Å²) in [5.74, 6) is -2.39. The van der Waals surface area contributed by atoms with E-state index in [9.17, 15) is 22.8 Å². The van der Waals surface area contributed by atoms with Crippen molar-refractivity contribution in [2.75, 3.05) is 6.54 Å². The van der Waals surface area contributed by atoms with E-state index in [0.29, 0.717) is 6.42 Å². The summed E-state index contributed by atoms with van der Waals surface area (Å²) in [4.78, 5) is 26.1. The Balaban J connectivity index is 2.47. The van der Waals surface area contributed by atoms with E-state index < -0.39 is 34.9 Å². The second-order valence-corrected chi connectivity index (χ2v) is 6.07. The average molecular weight is 313 g/mol.